The normalized spacial score (nSPS) is 15.0. The molecule has 1 saturated heterocycles. The van der Waals surface area contributed by atoms with Crippen molar-refractivity contribution in [1.29, 1.82) is 0 Å². The van der Waals surface area contributed by atoms with E-state index in [2.05, 4.69) is 10.7 Å². The Labute approximate surface area is 222 Å². The molecule has 0 spiro atoms. The molecule has 9 nitrogen and oxygen atoms in total. The quantitative estimate of drug-likeness (QED) is 0.247. The zero-order chi connectivity index (χ0) is 26.8. The second kappa shape index (κ2) is 13.5. The molecule has 2 N–H and O–H groups in total. The van der Waals surface area contributed by atoms with Gasteiger partial charge in [-0.15, -0.1) is 0 Å². The second-order valence-corrected chi connectivity index (χ2v) is 8.99. The number of hydrazine groups is 1. The summed E-state index contributed by atoms with van der Waals surface area (Å²) in [6.45, 7) is 4.27. The van der Waals surface area contributed by atoms with Gasteiger partial charge in [-0.2, -0.15) is 0 Å². The van der Waals surface area contributed by atoms with Crippen molar-refractivity contribution < 1.29 is 23.9 Å². The maximum Gasteiger partial charge on any atom is 0.338 e. The molecule has 0 aromatic heterocycles. The van der Waals surface area contributed by atoms with E-state index in [1.54, 1.807) is 31.2 Å². The molecule has 0 bridgehead atoms. The van der Waals surface area contributed by atoms with Crippen molar-refractivity contribution in [3.05, 3.63) is 65.7 Å². The molecule has 1 unspecified atom stereocenters. The van der Waals surface area contributed by atoms with E-state index in [1.807, 2.05) is 37.3 Å². The van der Waals surface area contributed by atoms with Crippen LogP contribution in [0.1, 0.15) is 61.9 Å². The number of ether oxygens (including phenoxy) is 1. The predicted molar refractivity (Wildman–Crippen MR) is 143 cm³/mol. The molecule has 2 aromatic rings. The van der Waals surface area contributed by atoms with E-state index in [9.17, 15) is 19.2 Å². The van der Waals surface area contributed by atoms with Crippen molar-refractivity contribution in [2.75, 3.05) is 11.9 Å². The number of amides is 3. The van der Waals surface area contributed by atoms with Gasteiger partial charge in [-0.05, 0) is 55.4 Å². The monoisotopic (exact) mass is 524 g/mol. The van der Waals surface area contributed by atoms with Gasteiger partial charge < -0.3 is 10.1 Å². The third-order valence-electron chi connectivity index (χ3n) is 5.79. The van der Waals surface area contributed by atoms with Crippen LogP contribution in [0.15, 0.2) is 54.6 Å². The first-order valence-electron chi connectivity index (χ1n) is 12.4. The minimum absolute atomic E-state index is 0.147. The topological polar surface area (TPSA) is 108 Å². The average molecular weight is 525 g/mol. The van der Waals surface area contributed by atoms with Crippen LogP contribution >= 0.6 is 12.2 Å². The lowest BCUT2D eigenvalue weighted by Crippen LogP contribution is -2.49. The van der Waals surface area contributed by atoms with E-state index < -0.39 is 17.9 Å². The van der Waals surface area contributed by atoms with Crippen LogP contribution in [0.5, 0.6) is 0 Å². The molecule has 37 heavy (non-hydrogen) atoms. The first-order chi connectivity index (χ1) is 17.8. The summed E-state index contributed by atoms with van der Waals surface area (Å²) in [6, 6.07) is 14.7. The number of rotatable bonds is 12. The summed E-state index contributed by atoms with van der Waals surface area (Å²) in [5.74, 6) is -1.51. The molecule has 1 atom stereocenters. The highest BCUT2D eigenvalue weighted by molar-refractivity contribution is 7.80. The van der Waals surface area contributed by atoms with Crippen molar-refractivity contribution in [3.63, 3.8) is 0 Å². The summed E-state index contributed by atoms with van der Waals surface area (Å²) >= 11 is 5.55. The van der Waals surface area contributed by atoms with Crippen LogP contribution < -0.4 is 10.7 Å². The van der Waals surface area contributed by atoms with Crippen molar-refractivity contribution in [2.45, 2.75) is 58.5 Å². The fraction of sp³-hybridized carbons (Fsp3) is 0.370. The number of hydrogen-bond acceptors (Lipinski definition) is 6. The van der Waals surface area contributed by atoms with E-state index in [4.69, 9.17) is 17.0 Å². The summed E-state index contributed by atoms with van der Waals surface area (Å²) in [7, 11) is 0. The molecule has 10 heteroatoms. The first kappa shape index (κ1) is 27.8. The fourth-order valence-electron chi connectivity index (χ4n) is 3.88. The smallest absolute Gasteiger partial charge is 0.338 e. The minimum Gasteiger partial charge on any atom is -0.462 e. The standard InChI is InChI=1S/C27H32N4O5S/c1-3-5-7-12-23(32)29-31-22(25(34)30(27(31)37)18-19-10-8-6-9-11-19)17-24(33)28-21-15-13-20(14-16-21)26(35)36-4-2/h6,8-11,13-16,22H,3-5,7,12,17-18H2,1-2H3,(H,28,33)(H,29,32). The van der Waals surface area contributed by atoms with E-state index >= 15 is 0 Å². The summed E-state index contributed by atoms with van der Waals surface area (Å²) in [5.41, 5.74) is 4.44. The number of nitrogens with zero attached hydrogens (tertiary/aromatic N) is 2. The molecule has 3 rings (SSSR count). The van der Waals surface area contributed by atoms with Gasteiger partial charge in [0.1, 0.15) is 6.04 Å². The van der Waals surface area contributed by atoms with Crippen molar-refractivity contribution in [2.24, 2.45) is 0 Å². The Morgan fingerprint density at radius 1 is 0.973 bits per heavy atom. The van der Waals surface area contributed by atoms with Gasteiger partial charge in [-0.1, -0.05) is 50.1 Å². The Kier molecular flexibility index (Phi) is 10.1. The second-order valence-electron chi connectivity index (χ2n) is 8.62. The Hall–Kier alpha value is -3.79. The van der Waals surface area contributed by atoms with Crippen molar-refractivity contribution in [3.8, 4) is 0 Å². The van der Waals surface area contributed by atoms with Crippen LogP contribution in [-0.2, 0) is 25.7 Å². The Morgan fingerprint density at radius 2 is 1.68 bits per heavy atom. The summed E-state index contributed by atoms with van der Waals surface area (Å²) < 4.78 is 4.97. The minimum atomic E-state index is -0.981. The molecule has 0 aliphatic carbocycles. The van der Waals surface area contributed by atoms with Crippen molar-refractivity contribution in [1.82, 2.24) is 15.3 Å². The third kappa shape index (κ3) is 7.60. The van der Waals surface area contributed by atoms with Crippen LogP contribution in [0.2, 0.25) is 0 Å². The lowest BCUT2D eigenvalue weighted by atomic mass is 10.1. The van der Waals surface area contributed by atoms with Gasteiger partial charge in [-0.25, -0.2) is 9.80 Å². The zero-order valence-corrected chi connectivity index (χ0v) is 21.9. The van der Waals surface area contributed by atoms with Gasteiger partial charge in [-0.3, -0.25) is 24.7 Å². The number of esters is 1. The summed E-state index contributed by atoms with van der Waals surface area (Å²) in [5, 5.41) is 4.22. The highest BCUT2D eigenvalue weighted by Crippen LogP contribution is 2.22. The third-order valence-corrected chi connectivity index (χ3v) is 6.21. The molecule has 0 radical (unpaired) electrons. The number of thiocarbonyl (C=S) groups is 1. The van der Waals surface area contributed by atoms with Gasteiger partial charge in [0.15, 0.2) is 5.11 Å². The first-order valence-corrected chi connectivity index (χ1v) is 12.8. The summed E-state index contributed by atoms with van der Waals surface area (Å²) in [4.78, 5) is 52.1. The Morgan fingerprint density at radius 3 is 2.32 bits per heavy atom. The molecule has 1 fully saturated rings. The van der Waals surface area contributed by atoms with Crippen LogP contribution in [0, 0.1) is 0 Å². The van der Waals surface area contributed by atoms with E-state index in [1.165, 1.54) is 9.91 Å². The number of nitrogens with one attached hydrogen (secondary N) is 2. The number of carbonyl (C=O) groups excluding carboxylic acids is 4. The van der Waals surface area contributed by atoms with Crippen LogP contribution in [0.25, 0.3) is 0 Å². The van der Waals surface area contributed by atoms with Crippen LogP contribution in [0.4, 0.5) is 5.69 Å². The highest BCUT2D eigenvalue weighted by Gasteiger charge is 2.44. The fourth-order valence-corrected chi connectivity index (χ4v) is 4.21. The summed E-state index contributed by atoms with van der Waals surface area (Å²) in [6.07, 6.45) is 2.68. The molecule has 0 saturated carbocycles. The van der Waals surface area contributed by atoms with Gasteiger partial charge in [0, 0.05) is 12.1 Å². The molecular formula is C27H32N4O5S. The van der Waals surface area contributed by atoms with Crippen LogP contribution in [0.3, 0.4) is 0 Å². The molecule has 1 aliphatic heterocycles. The Bertz CT molecular complexity index is 1120. The molecule has 1 aliphatic rings. The van der Waals surface area contributed by atoms with Crippen molar-refractivity contribution >= 4 is 46.7 Å². The van der Waals surface area contributed by atoms with Gasteiger partial charge in [0.05, 0.1) is 25.1 Å². The highest BCUT2D eigenvalue weighted by atomic mass is 32.1. The van der Waals surface area contributed by atoms with E-state index in [0.717, 1.165) is 24.8 Å². The van der Waals surface area contributed by atoms with Gasteiger partial charge in [0.2, 0.25) is 11.8 Å². The lowest BCUT2D eigenvalue weighted by Gasteiger charge is -2.24. The molecule has 196 valence electrons. The SMILES string of the molecule is CCCCCC(=O)NN1C(=S)N(Cc2ccccc2)C(=O)C1CC(=O)Nc1ccc(C(=O)OCC)cc1. The van der Waals surface area contributed by atoms with Gasteiger partial charge >= 0.3 is 5.97 Å². The predicted octanol–water partition coefficient (Wildman–Crippen LogP) is 3.80. The average Bonchev–Trinajstić information content (AvgIpc) is 3.09. The Balaban J connectivity index is 1.71. The molecule has 1 heterocycles. The zero-order valence-electron chi connectivity index (χ0n) is 21.1. The maximum absolute atomic E-state index is 13.4. The largest absolute Gasteiger partial charge is 0.462 e. The van der Waals surface area contributed by atoms with Gasteiger partial charge in [0.25, 0.3) is 5.91 Å². The van der Waals surface area contributed by atoms with E-state index in [-0.39, 0.29) is 36.5 Å². The number of unbranched alkanes of at least 4 members (excludes halogenated alkanes) is 2. The number of benzene rings is 2. The van der Waals surface area contributed by atoms with Crippen LogP contribution in [-0.4, -0.2) is 51.4 Å². The lowest BCUT2D eigenvalue weighted by molar-refractivity contribution is -0.133. The maximum atomic E-state index is 13.4. The molecule has 3 amide bonds. The van der Waals surface area contributed by atoms with E-state index in [0.29, 0.717) is 17.7 Å². The number of anilines is 1. The number of hydrogen-bond donors (Lipinski definition) is 2. The number of carbonyl (C=O) groups is 4. The molecule has 2 aromatic carbocycles. The molecular weight excluding hydrogens is 492 g/mol.